The lowest BCUT2D eigenvalue weighted by molar-refractivity contribution is -0.130. The lowest BCUT2D eigenvalue weighted by Crippen LogP contribution is -2.38. The quantitative estimate of drug-likeness (QED) is 0.868. The zero-order valence-electron chi connectivity index (χ0n) is 16.1. The highest BCUT2D eigenvalue weighted by Gasteiger charge is 2.26. The number of fused-ring (bicyclic) bond motifs is 1. The minimum atomic E-state index is -0.953. The van der Waals surface area contributed by atoms with Crippen molar-refractivity contribution in [3.63, 3.8) is 0 Å². The Bertz CT molecular complexity index is 874. The molecule has 2 amide bonds. The second-order valence-electron chi connectivity index (χ2n) is 7.16. The van der Waals surface area contributed by atoms with Gasteiger partial charge in [-0.1, -0.05) is 0 Å². The second-order valence-corrected chi connectivity index (χ2v) is 7.16. The van der Waals surface area contributed by atoms with E-state index in [1.54, 1.807) is 35.9 Å². The maximum Gasteiger partial charge on any atom is 0.256 e. The molecule has 1 aliphatic rings. The summed E-state index contributed by atoms with van der Waals surface area (Å²) in [5.74, 6) is -0.218. The van der Waals surface area contributed by atoms with E-state index in [9.17, 15) is 14.7 Å². The standard InChI is InChI=1S/C19H25N5O3/c1-12-7-13(2)20-10-15(12)19(27)23-5-6-24-14(11-23)8-16(21-24)17(25)9-18(26)22(3)4/h7-8,10,17,25H,5-6,9,11H2,1-4H3/t17-/m1/s1. The predicted molar refractivity (Wildman–Crippen MR) is 98.9 cm³/mol. The van der Waals surface area contributed by atoms with Crippen molar-refractivity contribution >= 4 is 11.8 Å². The summed E-state index contributed by atoms with van der Waals surface area (Å²) in [6.07, 6.45) is 0.659. The molecule has 27 heavy (non-hydrogen) atoms. The zero-order valence-corrected chi connectivity index (χ0v) is 16.1. The molecule has 3 rings (SSSR count). The van der Waals surface area contributed by atoms with Crippen LogP contribution in [0.5, 0.6) is 0 Å². The summed E-state index contributed by atoms with van der Waals surface area (Å²) >= 11 is 0. The van der Waals surface area contributed by atoms with Crippen LogP contribution in [0, 0.1) is 13.8 Å². The molecule has 8 heteroatoms. The highest BCUT2D eigenvalue weighted by molar-refractivity contribution is 5.95. The molecule has 0 unspecified atom stereocenters. The third kappa shape index (κ3) is 4.00. The molecule has 3 heterocycles. The van der Waals surface area contributed by atoms with Gasteiger partial charge in [0, 0.05) is 32.5 Å². The SMILES string of the molecule is Cc1cc(C)c(C(=O)N2CCn3nc([C@H](O)CC(=O)N(C)C)cc3C2)cn1. The van der Waals surface area contributed by atoms with Crippen LogP contribution in [0.1, 0.15) is 45.5 Å². The second kappa shape index (κ2) is 7.48. The lowest BCUT2D eigenvalue weighted by Gasteiger charge is -2.28. The number of amides is 2. The largest absolute Gasteiger partial charge is 0.386 e. The van der Waals surface area contributed by atoms with Gasteiger partial charge in [-0.25, -0.2) is 0 Å². The van der Waals surface area contributed by atoms with Crippen LogP contribution in [0.4, 0.5) is 0 Å². The lowest BCUT2D eigenvalue weighted by atomic mass is 10.1. The van der Waals surface area contributed by atoms with Crippen LogP contribution in [0.3, 0.4) is 0 Å². The van der Waals surface area contributed by atoms with E-state index in [4.69, 9.17) is 0 Å². The van der Waals surface area contributed by atoms with Gasteiger partial charge in [-0.3, -0.25) is 19.3 Å². The first-order chi connectivity index (χ1) is 12.8. The van der Waals surface area contributed by atoms with Gasteiger partial charge in [-0.05, 0) is 31.5 Å². The van der Waals surface area contributed by atoms with E-state index in [1.807, 2.05) is 19.9 Å². The topological polar surface area (TPSA) is 91.6 Å². The van der Waals surface area contributed by atoms with Gasteiger partial charge in [0.2, 0.25) is 5.91 Å². The molecular weight excluding hydrogens is 346 g/mol. The third-order valence-electron chi connectivity index (χ3n) is 4.79. The van der Waals surface area contributed by atoms with Gasteiger partial charge in [0.15, 0.2) is 0 Å². The fourth-order valence-electron chi connectivity index (χ4n) is 3.17. The van der Waals surface area contributed by atoms with E-state index in [0.717, 1.165) is 17.0 Å². The molecule has 0 saturated heterocycles. The number of aromatic nitrogens is 3. The van der Waals surface area contributed by atoms with Crippen molar-refractivity contribution in [1.29, 1.82) is 0 Å². The summed E-state index contributed by atoms with van der Waals surface area (Å²) in [5.41, 5.74) is 3.70. The van der Waals surface area contributed by atoms with E-state index in [-0.39, 0.29) is 18.2 Å². The average molecular weight is 371 g/mol. The fraction of sp³-hybridized carbons (Fsp3) is 0.474. The molecule has 1 atom stereocenters. The van der Waals surface area contributed by atoms with Gasteiger partial charge in [0.1, 0.15) is 6.10 Å². The number of rotatable bonds is 4. The van der Waals surface area contributed by atoms with E-state index < -0.39 is 6.10 Å². The predicted octanol–water partition coefficient (Wildman–Crippen LogP) is 1.06. The minimum Gasteiger partial charge on any atom is -0.386 e. The van der Waals surface area contributed by atoms with E-state index in [0.29, 0.717) is 30.9 Å². The maximum absolute atomic E-state index is 12.9. The van der Waals surface area contributed by atoms with Gasteiger partial charge in [0.25, 0.3) is 5.91 Å². The normalized spacial score (nSPS) is 14.6. The molecule has 0 bridgehead atoms. The highest BCUT2D eigenvalue weighted by Crippen LogP contribution is 2.22. The summed E-state index contributed by atoms with van der Waals surface area (Å²) < 4.78 is 1.79. The number of aryl methyl sites for hydroxylation is 2. The summed E-state index contributed by atoms with van der Waals surface area (Å²) in [6.45, 7) is 5.30. The Morgan fingerprint density at radius 2 is 2.00 bits per heavy atom. The molecule has 8 nitrogen and oxygen atoms in total. The molecule has 0 radical (unpaired) electrons. The molecule has 2 aromatic heterocycles. The molecule has 0 saturated carbocycles. The van der Waals surface area contributed by atoms with Crippen LogP contribution in [0.15, 0.2) is 18.3 Å². The Balaban J connectivity index is 1.74. The molecule has 2 aromatic rings. The van der Waals surface area contributed by atoms with Gasteiger partial charge >= 0.3 is 0 Å². The first-order valence-corrected chi connectivity index (χ1v) is 8.93. The number of carbonyl (C=O) groups excluding carboxylic acids is 2. The van der Waals surface area contributed by atoms with Crippen molar-refractivity contribution in [3.8, 4) is 0 Å². The molecule has 1 N–H and O–H groups in total. The monoisotopic (exact) mass is 371 g/mol. The number of aliphatic hydroxyl groups excluding tert-OH is 1. The Kier molecular flexibility index (Phi) is 5.27. The Morgan fingerprint density at radius 1 is 1.26 bits per heavy atom. The summed E-state index contributed by atoms with van der Waals surface area (Å²) in [7, 11) is 3.30. The van der Waals surface area contributed by atoms with Crippen LogP contribution in [0.25, 0.3) is 0 Å². The van der Waals surface area contributed by atoms with E-state index in [1.165, 1.54) is 4.90 Å². The molecule has 0 aliphatic carbocycles. The van der Waals surface area contributed by atoms with Crippen molar-refractivity contribution in [2.75, 3.05) is 20.6 Å². The molecular formula is C19H25N5O3. The number of carbonyl (C=O) groups is 2. The summed E-state index contributed by atoms with van der Waals surface area (Å²) in [5, 5.41) is 14.7. The smallest absolute Gasteiger partial charge is 0.256 e. The number of pyridine rings is 1. The van der Waals surface area contributed by atoms with Gasteiger partial charge in [-0.2, -0.15) is 5.10 Å². The average Bonchev–Trinajstić information content (AvgIpc) is 3.04. The summed E-state index contributed by atoms with van der Waals surface area (Å²) in [6, 6.07) is 3.67. The molecule has 0 spiro atoms. The first-order valence-electron chi connectivity index (χ1n) is 8.93. The number of hydrogen-bond donors (Lipinski definition) is 1. The molecule has 0 aromatic carbocycles. The van der Waals surface area contributed by atoms with Crippen molar-refractivity contribution in [2.45, 2.75) is 39.5 Å². The van der Waals surface area contributed by atoms with Crippen LogP contribution in [0.2, 0.25) is 0 Å². The minimum absolute atomic E-state index is 0.0136. The Morgan fingerprint density at radius 3 is 2.67 bits per heavy atom. The van der Waals surface area contributed by atoms with E-state index >= 15 is 0 Å². The van der Waals surface area contributed by atoms with E-state index in [2.05, 4.69) is 10.1 Å². The number of aliphatic hydroxyl groups is 1. The highest BCUT2D eigenvalue weighted by atomic mass is 16.3. The van der Waals surface area contributed by atoms with Crippen molar-refractivity contribution in [1.82, 2.24) is 24.6 Å². The third-order valence-corrected chi connectivity index (χ3v) is 4.79. The van der Waals surface area contributed by atoms with Crippen molar-refractivity contribution in [3.05, 3.63) is 46.5 Å². The van der Waals surface area contributed by atoms with Gasteiger partial charge in [-0.15, -0.1) is 0 Å². The Labute approximate surface area is 158 Å². The van der Waals surface area contributed by atoms with Crippen LogP contribution >= 0.6 is 0 Å². The molecule has 1 aliphatic heterocycles. The van der Waals surface area contributed by atoms with Gasteiger partial charge in [0.05, 0.1) is 36.5 Å². The summed E-state index contributed by atoms with van der Waals surface area (Å²) in [4.78, 5) is 32.1. The molecule has 0 fully saturated rings. The Hall–Kier alpha value is -2.74. The van der Waals surface area contributed by atoms with Crippen molar-refractivity contribution in [2.24, 2.45) is 0 Å². The van der Waals surface area contributed by atoms with Crippen LogP contribution < -0.4 is 0 Å². The van der Waals surface area contributed by atoms with Crippen molar-refractivity contribution < 1.29 is 14.7 Å². The zero-order chi connectivity index (χ0) is 19.7. The maximum atomic E-state index is 12.9. The number of hydrogen-bond acceptors (Lipinski definition) is 5. The van der Waals surface area contributed by atoms with Crippen LogP contribution in [-0.2, 0) is 17.9 Å². The first kappa shape index (κ1) is 19.0. The van der Waals surface area contributed by atoms with Gasteiger partial charge < -0.3 is 14.9 Å². The molecule has 144 valence electrons. The fourth-order valence-corrected chi connectivity index (χ4v) is 3.17. The number of nitrogens with zero attached hydrogens (tertiary/aromatic N) is 5. The van der Waals surface area contributed by atoms with Crippen LogP contribution in [-0.4, -0.2) is 62.1 Å².